The molecule has 1 N–H and O–H groups in total. The molecule has 0 aromatic carbocycles. The fourth-order valence-electron chi connectivity index (χ4n) is 2.66. The number of carbonyl (C=O) groups excluding carboxylic acids is 2. The third-order valence-electron chi connectivity index (χ3n) is 3.71. The normalized spacial score (nSPS) is 17.7. The Bertz CT molecular complexity index is 313. The van der Waals surface area contributed by atoms with E-state index in [-0.39, 0.29) is 23.9 Å². The Morgan fingerprint density at radius 3 is 2.05 bits per heavy atom. The maximum atomic E-state index is 12.1. The summed E-state index contributed by atoms with van der Waals surface area (Å²) >= 11 is 0. The standard InChI is InChI=1S/C15H28N2O2/c1-12(18)17(15(2,3)4)11-14(19)16-13-9-7-5-6-8-10-13/h13H,5-11H2,1-4H3,(H,16,19). The van der Waals surface area contributed by atoms with Crippen LogP contribution in [0.2, 0.25) is 0 Å². The van der Waals surface area contributed by atoms with E-state index in [1.54, 1.807) is 4.90 Å². The van der Waals surface area contributed by atoms with Crippen molar-refractivity contribution in [1.29, 1.82) is 0 Å². The average Bonchev–Trinajstić information content (AvgIpc) is 2.52. The molecule has 2 amide bonds. The van der Waals surface area contributed by atoms with Gasteiger partial charge in [-0.2, -0.15) is 0 Å². The van der Waals surface area contributed by atoms with Crippen LogP contribution in [0.1, 0.15) is 66.2 Å². The molecule has 0 bridgehead atoms. The highest BCUT2D eigenvalue weighted by Crippen LogP contribution is 2.17. The van der Waals surface area contributed by atoms with Crippen LogP contribution in [0.4, 0.5) is 0 Å². The van der Waals surface area contributed by atoms with Gasteiger partial charge in [-0.25, -0.2) is 0 Å². The number of amides is 2. The van der Waals surface area contributed by atoms with Crippen molar-refractivity contribution in [1.82, 2.24) is 10.2 Å². The lowest BCUT2D eigenvalue weighted by atomic mass is 10.1. The molecule has 4 nitrogen and oxygen atoms in total. The van der Waals surface area contributed by atoms with E-state index in [0.29, 0.717) is 6.04 Å². The second kappa shape index (κ2) is 6.92. The smallest absolute Gasteiger partial charge is 0.239 e. The minimum atomic E-state index is -0.313. The molecule has 0 aromatic rings. The zero-order valence-corrected chi connectivity index (χ0v) is 12.8. The summed E-state index contributed by atoms with van der Waals surface area (Å²) in [5, 5.41) is 3.08. The van der Waals surface area contributed by atoms with Crippen LogP contribution in [0.3, 0.4) is 0 Å². The molecule has 0 aromatic heterocycles. The van der Waals surface area contributed by atoms with Crippen molar-refractivity contribution in [3.63, 3.8) is 0 Å². The van der Waals surface area contributed by atoms with E-state index in [4.69, 9.17) is 0 Å². The molecule has 0 atom stereocenters. The molecule has 1 saturated carbocycles. The summed E-state index contributed by atoms with van der Waals surface area (Å²) in [7, 11) is 0. The number of carbonyl (C=O) groups is 2. The molecule has 19 heavy (non-hydrogen) atoms. The van der Waals surface area contributed by atoms with Gasteiger partial charge in [-0.05, 0) is 33.6 Å². The second-order valence-corrected chi connectivity index (χ2v) is 6.53. The van der Waals surface area contributed by atoms with Crippen LogP contribution in [-0.4, -0.2) is 34.8 Å². The summed E-state index contributed by atoms with van der Waals surface area (Å²) in [4.78, 5) is 25.3. The fourth-order valence-corrected chi connectivity index (χ4v) is 2.66. The summed E-state index contributed by atoms with van der Waals surface area (Å²) in [6.45, 7) is 7.54. The summed E-state index contributed by atoms with van der Waals surface area (Å²) in [5.41, 5.74) is -0.313. The van der Waals surface area contributed by atoms with Gasteiger partial charge in [-0.15, -0.1) is 0 Å². The van der Waals surface area contributed by atoms with Crippen LogP contribution in [0.15, 0.2) is 0 Å². The Morgan fingerprint density at radius 2 is 1.63 bits per heavy atom. The van der Waals surface area contributed by atoms with Crippen molar-refractivity contribution in [2.75, 3.05) is 6.54 Å². The van der Waals surface area contributed by atoms with Crippen LogP contribution in [-0.2, 0) is 9.59 Å². The maximum Gasteiger partial charge on any atom is 0.239 e. The van der Waals surface area contributed by atoms with Gasteiger partial charge in [0.25, 0.3) is 0 Å². The Kier molecular flexibility index (Phi) is 5.83. The lowest BCUT2D eigenvalue weighted by molar-refractivity contribution is -0.139. The van der Waals surface area contributed by atoms with Crippen molar-refractivity contribution in [3.8, 4) is 0 Å². The molecule has 0 saturated heterocycles. The lowest BCUT2D eigenvalue weighted by Gasteiger charge is -2.34. The number of hydrogen-bond acceptors (Lipinski definition) is 2. The lowest BCUT2D eigenvalue weighted by Crippen LogP contribution is -2.50. The van der Waals surface area contributed by atoms with E-state index in [1.807, 2.05) is 20.8 Å². The molecule has 0 unspecified atom stereocenters. The number of nitrogens with zero attached hydrogens (tertiary/aromatic N) is 1. The molecule has 0 aliphatic heterocycles. The van der Waals surface area contributed by atoms with Crippen molar-refractivity contribution < 1.29 is 9.59 Å². The maximum absolute atomic E-state index is 12.1. The predicted octanol–water partition coefficient (Wildman–Crippen LogP) is 2.47. The third-order valence-corrected chi connectivity index (χ3v) is 3.71. The van der Waals surface area contributed by atoms with Gasteiger partial charge in [0.05, 0.1) is 0 Å². The van der Waals surface area contributed by atoms with Gasteiger partial charge in [0.1, 0.15) is 6.54 Å². The first kappa shape index (κ1) is 16.0. The summed E-state index contributed by atoms with van der Waals surface area (Å²) < 4.78 is 0. The fraction of sp³-hybridized carbons (Fsp3) is 0.867. The average molecular weight is 268 g/mol. The molecule has 1 aliphatic rings. The summed E-state index contributed by atoms with van der Waals surface area (Å²) in [6, 6.07) is 0.295. The Morgan fingerprint density at radius 1 is 1.11 bits per heavy atom. The van der Waals surface area contributed by atoms with Gasteiger partial charge in [-0.3, -0.25) is 9.59 Å². The van der Waals surface area contributed by atoms with Crippen LogP contribution >= 0.6 is 0 Å². The molecule has 1 fully saturated rings. The van der Waals surface area contributed by atoms with Gasteiger partial charge < -0.3 is 10.2 Å². The minimum absolute atomic E-state index is 0.0305. The van der Waals surface area contributed by atoms with Crippen molar-refractivity contribution in [2.45, 2.75) is 77.8 Å². The highest BCUT2D eigenvalue weighted by molar-refractivity contribution is 5.84. The van der Waals surface area contributed by atoms with Gasteiger partial charge in [-0.1, -0.05) is 25.7 Å². The zero-order chi connectivity index (χ0) is 14.5. The summed E-state index contributed by atoms with van der Waals surface area (Å²) in [6.07, 6.45) is 7.08. The quantitative estimate of drug-likeness (QED) is 0.799. The van der Waals surface area contributed by atoms with Crippen LogP contribution in [0.5, 0.6) is 0 Å². The van der Waals surface area contributed by atoms with Crippen molar-refractivity contribution in [2.24, 2.45) is 0 Å². The minimum Gasteiger partial charge on any atom is -0.352 e. The van der Waals surface area contributed by atoms with E-state index in [9.17, 15) is 9.59 Å². The highest BCUT2D eigenvalue weighted by Gasteiger charge is 2.26. The van der Waals surface area contributed by atoms with E-state index in [2.05, 4.69) is 5.32 Å². The molecule has 0 spiro atoms. The molecule has 0 heterocycles. The Labute approximate surface area is 116 Å². The third kappa shape index (κ3) is 5.62. The number of hydrogen-bond donors (Lipinski definition) is 1. The van der Waals surface area contributed by atoms with Crippen LogP contribution in [0.25, 0.3) is 0 Å². The highest BCUT2D eigenvalue weighted by atomic mass is 16.2. The van der Waals surface area contributed by atoms with E-state index >= 15 is 0 Å². The first-order chi connectivity index (χ1) is 8.80. The second-order valence-electron chi connectivity index (χ2n) is 6.53. The first-order valence-corrected chi connectivity index (χ1v) is 7.38. The molecular weight excluding hydrogens is 240 g/mol. The molecule has 1 rings (SSSR count). The van der Waals surface area contributed by atoms with Crippen molar-refractivity contribution in [3.05, 3.63) is 0 Å². The van der Waals surface area contributed by atoms with Gasteiger partial charge in [0, 0.05) is 18.5 Å². The molecule has 1 aliphatic carbocycles. The monoisotopic (exact) mass is 268 g/mol. The molecule has 0 radical (unpaired) electrons. The van der Waals surface area contributed by atoms with E-state index < -0.39 is 0 Å². The number of rotatable bonds is 3. The van der Waals surface area contributed by atoms with Crippen LogP contribution in [0, 0.1) is 0 Å². The Balaban J connectivity index is 2.50. The largest absolute Gasteiger partial charge is 0.352 e. The molecular formula is C15H28N2O2. The molecule has 110 valence electrons. The molecule has 4 heteroatoms. The van der Waals surface area contributed by atoms with Crippen molar-refractivity contribution >= 4 is 11.8 Å². The topological polar surface area (TPSA) is 49.4 Å². The SMILES string of the molecule is CC(=O)N(CC(=O)NC1CCCCCC1)C(C)(C)C. The van der Waals surface area contributed by atoms with Gasteiger partial charge >= 0.3 is 0 Å². The Hall–Kier alpha value is -1.06. The van der Waals surface area contributed by atoms with E-state index in [1.165, 1.54) is 32.6 Å². The first-order valence-electron chi connectivity index (χ1n) is 7.38. The summed E-state index contributed by atoms with van der Waals surface area (Å²) in [5.74, 6) is -0.0828. The number of nitrogens with one attached hydrogen (secondary N) is 1. The van der Waals surface area contributed by atoms with E-state index in [0.717, 1.165) is 12.8 Å². The van der Waals surface area contributed by atoms with Gasteiger partial charge in [0.15, 0.2) is 0 Å². The van der Waals surface area contributed by atoms with Gasteiger partial charge in [0.2, 0.25) is 11.8 Å². The predicted molar refractivity (Wildman–Crippen MR) is 76.8 cm³/mol. The zero-order valence-electron chi connectivity index (χ0n) is 12.8. The van der Waals surface area contributed by atoms with Crippen LogP contribution < -0.4 is 5.32 Å².